The van der Waals surface area contributed by atoms with Crippen molar-refractivity contribution in [2.45, 2.75) is 44.7 Å². The van der Waals surface area contributed by atoms with Crippen molar-refractivity contribution in [3.05, 3.63) is 17.0 Å². The molecule has 0 aromatic carbocycles. The first-order valence-corrected chi connectivity index (χ1v) is 6.50. The molecule has 2 heterocycles. The standard InChI is InChI=1S/C13H22N4/c1-9-12(6-13(14)4-5-13)10(2)17(15-9)11-7-16(3)8-11/h11H,4-8,14H2,1-3H3. The van der Waals surface area contributed by atoms with E-state index in [0.717, 1.165) is 19.5 Å². The summed E-state index contributed by atoms with van der Waals surface area (Å²) in [5, 5.41) is 4.71. The molecule has 0 atom stereocenters. The second-order valence-corrected chi connectivity index (χ2v) is 6.01. The van der Waals surface area contributed by atoms with E-state index in [-0.39, 0.29) is 5.54 Å². The Kier molecular flexibility index (Phi) is 2.35. The molecule has 1 aliphatic carbocycles. The van der Waals surface area contributed by atoms with Crippen molar-refractivity contribution in [3.8, 4) is 0 Å². The Morgan fingerprint density at radius 2 is 2.00 bits per heavy atom. The van der Waals surface area contributed by atoms with Crippen LogP contribution in [0.5, 0.6) is 0 Å². The van der Waals surface area contributed by atoms with Crippen LogP contribution in [0.3, 0.4) is 0 Å². The van der Waals surface area contributed by atoms with Crippen LogP contribution in [0.15, 0.2) is 0 Å². The number of hydrogen-bond acceptors (Lipinski definition) is 3. The number of likely N-dealkylation sites (tertiary alicyclic amines) is 1. The molecule has 1 aromatic heterocycles. The molecule has 4 heteroatoms. The lowest BCUT2D eigenvalue weighted by Gasteiger charge is -2.36. The van der Waals surface area contributed by atoms with E-state index in [1.807, 2.05) is 0 Å². The van der Waals surface area contributed by atoms with Crippen LogP contribution < -0.4 is 5.73 Å². The predicted molar refractivity (Wildman–Crippen MR) is 68.1 cm³/mol. The summed E-state index contributed by atoms with van der Waals surface area (Å²) in [6.45, 7) is 6.55. The molecule has 2 aliphatic rings. The molecule has 2 fully saturated rings. The van der Waals surface area contributed by atoms with Crippen molar-refractivity contribution in [1.29, 1.82) is 0 Å². The fourth-order valence-electron chi connectivity index (χ4n) is 2.82. The molecule has 2 N–H and O–H groups in total. The highest BCUT2D eigenvalue weighted by molar-refractivity contribution is 5.29. The van der Waals surface area contributed by atoms with Gasteiger partial charge in [0.25, 0.3) is 0 Å². The van der Waals surface area contributed by atoms with E-state index < -0.39 is 0 Å². The minimum absolute atomic E-state index is 0.0831. The topological polar surface area (TPSA) is 47.1 Å². The van der Waals surface area contributed by atoms with Crippen LogP contribution in [0.4, 0.5) is 0 Å². The van der Waals surface area contributed by atoms with E-state index >= 15 is 0 Å². The minimum Gasteiger partial charge on any atom is -0.325 e. The molecule has 0 unspecified atom stereocenters. The van der Waals surface area contributed by atoms with Gasteiger partial charge in [0.05, 0.1) is 11.7 Å². The number of nitrogens with two attached hydrogens (primary N) is 1. The molecule has 0 radical (unpaired) electrons. The van der Waals surface area contributed by atoms with Crippen molar-refractivity contribution in [2.75, 3.05) is 20.1 Å². The van der Waals surface area contributed by atoms with Gasteiger partial charge in [-0.05, 0) is 45.7 Å². The lowest BCUT2D eigenvalue weighted by Crippen LogP contribution is -2.45. The zero-order valence-corrected chi connectivity index (χ0v) is 11.0. The first kappa shape index (κ1) is 11.2. The average molecular weight is 234 g/mol. The second kappa shape index (κ2) is 3.56. The first-order chi connectivity index (χ1) is 7.98. The summed E-state index contributed by atoms with van der Waals surface area (Å²) in [6.07, 6.45) is 3.35. The third-order valence-electron chi connectivity index (χ3n) is 4.29. The monoisotopic (exact) mass is 234 g/mol. The molecule has 0 bridgehead atoms. The smallest absolute Gasteiger partial charge is 0.0775 e. The summed E-state index contributed by atoms with van der Waals surface area (Å²) in [5.74, 6) is 0. The molecule has 94 valence electrons. The lowest BCUT2D eigenvalue weighted by molar-refractivity contribution is 0.128. The Bertz CT molecular complexity index is 439. The van der Waals surface area contributed by atoms with Gasteiger partial charge in [-0.15, -0.1) is 0 Å². The molecular weight excluding hydrogens is 212 g/mol. The van der Waals surface area contributed by atoms with Gasteiger partial charge in [0.15, 0.2) is 0 Å². The summed E-state index contributed by atoms with van der Waals surface area (Å²) in [5.41, 5.74) is 10.2. The minimum atomic E-state index is 0.0831. The van der Waals surface area contributed by atoms with E-state index in [1.54, 1.807) is 0 Å². The maximum Gasteiger partial charge on any atom is 0.0775 e. The zero-order chi connectivity index (χ0) is 12.2. The van der Waals surface area contributed by atoms with E-state index in [4.69, 9.17) is 10.8 Å². The number of aryl methyl sites for hydroxylation is 1. The van der Waals surface area contributed by atoms with Gasteiger partial charge < -0.3 is 10.6 Å². The zero-order valence-electron chi connectivity index (χ0n) is 11.0. The Hall–Kier alpha value is -0.870. The third-order valence-corrected chi connectivity index (χ3v) is 4.29. The SMILES string of the molecule is Cc1nn(C2CN(C)C2)c(C)c1CC1(N)CC1. The predicted octanol–water partition coefficient (Wildman–Crippen LogP) is 1.02. The number of rotatable bonds is 3. The summed E-state index contributed by atoms with van der Waals surface area (Å²) in [6, 6.07) is 0.570. The highest BCUT2D eigenvalue weighted by atomic mass is 15.4. The van der Waals surface area contributed by atoms with Crippen molar-refractivity contribution < 1.29 is 0 Å². The highest BCUT2D eigenvalue weighted by Crippen LogP contribution is 2.37. The highest BCUT2D eigenvalue weighted by Gasteiger charge is 2.40. The first-order valence-electron chi connectivity index (χ1n) is 6.50. The Morgan fingerprint density at radius 3 is 2.53 bits per heavy atom. The third kappa shape index (κ3) is 1.89. The van der Waals surface area contributed by atoms with Crippen LogP contribution >= 0.6 is 0 Å². The summed E-state index contributed by atoms with van der Waals surface area (Å²) < 4.78 is 2.22. The van der Waals surface area contributed by atoms with Crippen molar-refractivity contribution >= 4 is 0 Å². The number of hydrogen-bond donors (Lipinski definition) is 1. The van der Waals surface area contributed by atoms with Gasteiger partial charge in [-0.25, -0.2) is 0 Å². The largest absolute Gasteiger partial charge is 0.325 e. The molecule has 1 aliphatic heterocycles. The Balaban J connectivity index is 1.84. The van der Waals surface area contributed by atoms with Gasteiger partial charge >= 0.3 is 0 Å². The molecule has 4 nitrogen and oxygen atoms in total. The quantitative estimate of drug-likeness (QED) is 0.849. The van der Waals surface area contributed by atoms with E-state index in [0.29, 0.717) is 6.04 Å². The van der Waals surface area contributed by atoms with E-state index in [9.17, 15) is 0 Å². The lowest BCUT2D eigenvalue weighted by atomic mass is 10.0. The fourth-order valence-corrected chi connectivity index (χ4v) is 2.82. The van der Waals surface area contributed by atoms with Gasteiger partial charge in [0.2, 0.25) is 0 Å². The normalized spacial score (nSPS) is 23.8. The molecule has 1 aromatic rings. The molecule has 0 amide bonds. The van der Waals surface area contributed by atoms with Gasteiger partial charge in [0.1, 0.15) is 0 Å². The number of likely N-dealkylation sites (N-methyl/N-ethyl adjacent to an activating group) is 1. The van der Waals surface area contributed by atoms with Crippen LogP contribution in [-0.2, 0) is 6.42 Å². The maximum absolute atomic E-state index is 6.23. The van der Waals surface area contributed by atoms with Crippen LogP contribution in [0.25, 0.3) is 0 Å². The maximum atomic E-state index is 6.23. The molecule has 17 heavy (non-hydrogen) atoms. The molecule has 1 saturated carbocycles. The fraction of sp³-hybridized carbons (Fsp3) is 0.769. The number of aromatic nitrogens is 2. The summed E-state index contributed by atoms with van der Waals surface area (Å²) in [4.78, 5) is 2.33. The molecular formula is C13H22N4. The molecule has 1 saturated heterocycles. The summed E-state index contributed by atoms with van der Waals surface area (Å²) >= 11 is 0. The van der Waals surface area contributed by atoms with E-state index in [1.165, 1.54) is 29.8 Å². The molecule has 0 spiro atoms. The molecule has 3 rings (SSSR count). The van der Waals surface area contributed by atoms with Crippen LogP contribution in [0.1, 0.15) is 35.8 Å². The van der Waals surface area contributed by atoms with E-state index in [2.05, 4.69) is 30.5 Å². The van der Waals surface area contributed by atoms with Gasteiger partial charge in [-0.2, -0.15) is 5.10 Å². The van der Waals surface area contributed by atoms with Crippen LogP contribution in [-0.4, -0.2) is 40.4 Å². The Labute approximate surface area is 103 Å². The van der Waals surface area contributed by atoms with Gasteiger partial charge in [-0.1, -0.05) is 0 Å². The van der Waals surface area contributed by atoms with Crippen molar-refractivity contribution in [2.24, 2.45) is 5.73 Å². The van der Waals surface area contributed by atoms with Gasteiger partial charge in [-0.3, -0.25) is 4.68 Å². The van der Waals surface area contributed by atoms with Crippen molar-refractivity contribution in [1.82, 2.24) is 14.7 Å². The van der Waals surface area contributed by atoms with Crippen LogP contribution in [0, 0.1) is 13.8 Å². The average Bonchev–Trinajstić information content (AvgIpc) is 2.90. The Morgan fingerprint density at radius 1 is 1.35 bits per heavy atom. The van der Waals surface area contributed by atoms with Crippen LogP contribution in [0.2, 0.25) is 0 Å². The second-order valence-electron chi connectivity index (χ2n) is 6.01. The summed E-state index contributed by atoms with van der Waals surface area (Å²) in [7, 11) is 2.15. The van der Waals surface area contributed by atoms with Crippen molar-refractivity contribution in [3.63, 3.8) is 0 Å². The van der Waals surface area contributed by atoms with Gasteiger partial charge in [0, 0.05) is 24.3 Å². The number of nitrogens with zero attached hydrogens (tertiary/aromatic N) is 3.